The molecular weight excluding hydrogens is 298 g/mol. The highest BCUT2D eigenvalue weighted by Gasteiger charge is 2.01. The van der Waals surface area contributed by atoms with Crippen LogP contribution in [0.2, 0.25) is 0 Å². The van der Waals surface area contributed by atoms with Gasteiger partial charge < -0.3 is 10.7 Å². The molecule has 0 bridgehead atoms. The molecule has 0 saturated heterocycles. The van der Waals surface area contributed by atoms with Gasteiger partial charge in [-0.3, -0.25) is 0 Å². The number of para-hydroxylation sites is 2. The smallest absolute Gasteiger partial charge is 0.231 e. The van der Waals surface area contributed by atoms with E-state index < -0.39 is 0 Å². The summed E-state index contributed by atoms with van der Waals surface area (Å²) in [4.78, 5) is 15.9. The minimum atomic E-state index is 0.155. The van der Waals surface area contributed by atoms with E-state index in [2.05, 4.69) is 38.2 Å². The minimum Gasteiger partial charge on any atom is -0.368 e. The summed E-state index contributed by atoms with van der Waals surface area (Å²) >= 11 is 0. The molecule has 0 amide bonds. The SMILES string of the molecule is NC(N=Cc1cccc2ccccc12)=Nc1nc2ccccc2[nH]1. The Bertz CT molecular complexity index is 1040. The summed E-state index contributed by atoms with van der Waals surface area (Å²) in [6, 6.07) is 21.9. The first kappa shape index (κ1) is 14.1. The predicted octanol–water partition coefficient (Wildman–Crippen LogP) is 3.78. The van der Waals surface area contributed by atoms with Gasteiger partial charge in [-0.25, -0.2) is 9.98 Å². The molecule has 0 radical (unpaired) electrons. The molecule has 4 aromatic rings. The van der Waals surface area contributed by atoms with Crippen molar-refractivity contribution in [3.8, 4) is 0 Å². The Balaban J connectivity index is 1.64. The van der Waals surface area contributed by atoms with Gasteiger partial charge in [-0.15, -0.1) is 0 Å². The summed E-state index contributed by atoms with van der Waals surface area (Å²) < 4.78 is 0. The summed E-state index contributed by atoms with van der Waals surface area (Å²) in [5.74, 6) is 0.603. The number of benzene rings is 3. The number of nitrogens with zero attached hydrogens (tertiary/aromatic N) is 3. The monoisotopic (exact) mass is 313 g/mol. The van der Waals surface area contributed by atoms with Gasteiger partial charge in [0.2, 0.25) is 11.9 Å². The number of rotatable bonds is 2. The lowest BCUT2D eigenvalue weighted by molar-refractivity contribution is 1.24. The third-order valence-corrected chi connectivity index (χ3v) is 3.76. The number of fused-ring (bicyclic) bond motifs is 2. The van der Waals surface area contributed by atoms with E-state index in [1.54, 1.807) is 6.21 Å². The third kappa shape index (κ3) is 2.75. The van der Waals surface area contributed by atoms with E-state index in [1.807, 2.05) is 48.5 Å². The molecule has 5 nitrogen and oxygen atoms in total. The molecule has 4 rings (SSSR count). The van der Waals surface area contributed by atoms with Crippen LogP contribution >= 0.6 is 0 Å². The highest BCUT2D eigenvalue weighted by Crippen LogP contribution is 2.17. The fourth-order valence-electron chi connectivity index (χ4n) is 2.63. The molecule has 1 aromatic heterocycles. The second-order valence-electron chi connectivity index (χ2n) is 5.37. The lowest BCUT2D eigenvalue weighted by Crippen LogP contribution is -2.08. The van der Waals surface area contributed by atoms with Gasteiger partial charge in [0, 0.05) is 11.8 Å². The molecule has 24 heavy (non-hydrogen) atoms. The highest BCUT2D eigenvalue weighted by atomic mass is 15.1. The fourth-order valence-corrected chi connectivity index (χ4v) is 2.63. The van der Waals surface area contributed by atoms with Crippen molar-refractivity contribution in [1.82, 2.24) is 9.97 Å². The zero-order chi connectivity index (χ0) is 16.4. The molecule has 5 heteroatoms. The maximum absolute atomic E-state index is 5.91. The predicted molar refractivity (Wildman–Crippen MR) is 98.9 cm³/mol. The van der Waals surface area contributed by atoms with E-state index in [0.717, 1.165) is 27.4 Å². The van der Waals surface area contributed by atoms with Crippen molar-refractivity contribution in [2.75, 3.05) is 0 Å². The first-order valence-electron chi connectivity index (χ1n) is 7.60. The van der Waals surface area contributed by atoms with E-state index in [0.29, 0.717) is 5.95 Å². The molecule has 3 aromatic carbocycles. The van der Waals surface area contributed by atoms with Crippen LogP contribution in [0, 0.1) is 0 Å². The number of H-pyrrole nitrogens is 1. The molecule has 0 aliphatic carbocycles. The van der Waals surface area contributed by atoms with Crippen molar-refractivity contribution in [2.45, 2.75) is 0 Å². The number of hydrogen-bond donors (Lipinski definition) is 2. The van der Waals surface area contributed by atoms with Gasteiger partial charge >= 0.3 is 0 Å². The molecule has 0 saturated carbocycles. The van der Waals surface area contributed by atoms with E-state index in [1.165, 1.54) is 0 Å². The number of hydrogen-bond acceptors (Lipinski definition) is 2. The van der Waals surface area contributed by atoms with Gasteiger partial charge in [0.05, 0.1) is 11.0 Å². The number of aromatic amines is 1. The maximum atomic E-state index is 5.91. The molecular formula is C19H15N5. The molecule has 3 N–H and O–H groups in total. The molecule has 0 fully saturated rings. The van der Waals surface area contributed by atoms with Crippen LogP contribution in [-0.4, -0.2) is 22.1 Å². The Labute approximate surface area is 138 Å². The lowest BCUT2D eigenvalue weighted by Gasteiger charge is -2.00. The summed E-state index contributed by atoms with van der Waals surface area (Å²) in [6.07, 6.45) is 1.73. The van der Waals surface area contributed by atoms with Crippen LogP contribution < -0.4 is 5.73 Å². The average Bonchev–Trinajstić information content (AvgIpc) is 3.02. The lowest BCUT2D eigenvalue weighted by atomic mass is 10.1. The first-order chi connectivity index (χ1) is 11.8. The molecule has 0 spiro atoms. The van der Waals surface area contributed by atoms with Crippen LogP contribution in [0.1, 0.15) is 5.56 Å². The second kappa shape index (κ2) is 5.96. The Kier molecular flexibility index (Phi) is 3.51. The van der Waals surface area contributed by atoms with Crippen LogP contribution in [0.3, 0.4) is 0 Å². The number of aliphatic imine (C=N–C) groups is 2. The van der Waals surface area contributed by atoms with Crippen LogP contribution in [0.15, 0.2) is 76.7 Å². The van der Waals surface area contributed by atoms with E-state index in [4.69, 9.17) is 5.73 Å². The third-order valence-electron chi connectivity index (χ3n) is 3.76. The minimum absolute atomic E-state index is 0.155. The second-order valence-corrected chi connectivity index (χ2v) is 5.37. The fraction of sp³-hybridized carbons (Fsp3) is 0. The van der Waals surface area contributed by atoms with Gasteiger partial charge in [0.1, 0.15) is 0 Å². The number of nitrogens with one attached hydrogen (secondary N) is 1. The van der Waals surface area contributed by atoms with Gasteiger partial charge in [-0.2, -0.15) is 4.99 Å². The van der Waals surface area contributed by atoms with Crippen LogP contribution in [0.5, 0.6) is 0 Å². The Morgan fingerprint density at radius 2 is 1.75 bits per heavy atom. The van der Waals surface area contributed by atoms with E-state index >= 15 is 0 Å². The molecule has 0 aliphatic heterocycles. The maximum Gasteiger partial charge on any atom is 0.231 e. The van der Waals surface area contributed by atoms with Gasteiger partial charge in [0.15, 0.2) is 0 Å². The first-order valence-corrected chi connectivity index (χ1v) is 7.60. The number of nitrogens with two attached hydrogens (primary N) is 1. The van der Waals surface area contributed by atoms with Crippen LogP contribution in [-0.2, 0) is 0 Å². The molecule has 116 valence electrons. The average molecular weight is 313 g/mol. The van der Waals surface area contributed by atoms with Crippen molar-refractivity contribution in [3.63, 3.8) is 0 Å². The van der Waals surface area contributed by atoms with Gasteiger partial charge in [-0.1, -0.05) is 54.6 Å². The van der Waals surface area contributed by atoms with Crippen molar-refractivity contribution in [3.05, 3.63) is 72.3 Å². The number of guanidine groups is 1. The normalized spacial score (nSPS) is 12.4. The molecule has 0 unspecified atom stereocenters. The zero-order valence-electron chi connectivity index (χ0n) is 12.8. The number of imidazole rings is 1. The van der Waals surface area contributed by atoms with Gasteiger partial charge in [0.25, 0.3) is 0 Å². The summed E-state index contributed by atoms with van der Waals surface area (Å²) in [7, 11) is 0. The van der Waals surface area contributed by atoms with Crippen LogP contribution in [0.25, 0.3) is 21.8 Å². The van der Waals surface area contributed by atoms with E-state index in [9.17, 15) is 0 Å². The van der Waals surface area contributed by atoms with Crippen molar-refractivity contribution in [2.24, 2.45) is 15.7 Å². The summed E-state index contributed by atoms with van der Waals surface area (Å²) in [6.45, 7) is 0. The molecule has 0 atom stereocenters. The van der Waals surface area contributed by atoms with Crippen LogP contribution in [0.4, 0.5) is 5.95 Å². The van der Waals surface area contributed by atoms with Gasteiger partial charge in [-0.05, 0) is 22.9 Å². The quantitative estimate of drug-likeness (QED) is 0.436. The largest absolute Gasteiger partial charge is 0.368 e. The van der Waals surface area contributed by atoms with Crippen molar-refractivity contribution >= 4 is 39.9 Å². The van der Waals surface area contributed by atoms with E-state index in [-0.39, 0.29) is 5.96 Å². The Morgan fingerprint density at radius 1 is 0.958 bits per heavy atom. The molecule has 0 aliphatic rings. The Morgan fingerprint density at radius 3 is 2.67 bits per heavy atom. The van der Waals surface area contributed by atoms with Crippen molar-refractivity contribution in [1.29, 1.82) is 0 Å². The Hall–Kier alpha value is -3.47. The highest BCUT2D eigenvalue weighted by molar-refractivity contribution is 6.03. The zero-order valence-corrected chi connectivity index (χ0v) is 12.8. The molecule has 1 heterocycles. The topological polar surface area (TPSA) is 79.4 Å². The van der Waals surface area contributed by atoms with Crippen molar-refractivity contribution < 1.29 is 0 Å². The number of aromatic nitrogens is 2. The standard InChI is InChI=1S/C19H15N5/c20-18(24-19-22-16-10-3-4-11-17(16)23-19)21-12-14-8-5-7-13-6-1-2-9-15(13)14/h1-12H,(H3,20,22,23,24). The summed E-state index contributed by atoms with van der Waals surface area (Å²) in [5.41, 5.74) is 8.68. The summed E-state index contributed by atoms with van der Waals surface area (Å²) in [5, 5.41) is 2.29.